The van der Waals surface area contributed by atoms with Gasteiger partial charge in [-0.05, 0) is 53.9 Å². The maximum atomic E-state index is 13.2. The average Bonchev–Trinajstić information content (AvgIpc) is 3.23. The number of ether oxygens (including phenoxy) is 1. The maximum Gasteiger partial charge on any atom is 0.271 e. The lowest BCUT2D eigenvalue weighted by molar-refractivity contribution is 0.316. The summed E-state index contributed by atoms with van der Waals surface area (Å²) in [6.45, 7) is 0.168. The van der Waals surface area contributed by atoms with Crippen molar-refractivity contribution in [2.45, 2.75) is 9.10 Å². The molecule has 7 nitrogen and oxygen atoms in total. The number of hydrogen-bond acceptors (Lipinski definition) is 6. The topological polar surface area (TPSA) is 92.8 Å². The number of nitrogens with one attached hydrogen (secondary N) is 1. The molecule has 0 unspecified atom stereocenters. The van der Waals surface area contributed by atoms with Crippen molar-refractivity contribution in [3.63, 3.8) is 0 Å². The third kappa shape index (κ3) is 3.80. The Bertz CT molecular complexity index is 1240. The lowest BCUT2D eigenvalue weighted by atomic mass is 10.2. The lowest BCUT2D eigenvalue weighted by Crippen LogP contribution is -2.38. The average molecular weight is 455 g/mol. The van der Waals surface area contributed by atoms with Gasteiger partial charge in [0.25, 0.3) is 20.0 Å². The van der Waals surface area contributed by atoms with Gasteiger partial charge < -0.3 is 4.74 Å². The Morgan fingerprint density at radius 3 is 2.48 bits per heavy atom. The van der Waals surface area contributed by atoms with Gasteiger partial charge >= 0.3 is 0 Å². The molecule has 11 heteroatoms. The number of anilines is 2. The second-order valence-corrected chi connectivity index (χ2v) is 10.8. The van der Waals surface area contributed by atoms with E-state index in [0.717, 1.165) is 27.8 Å². The summed E-state index contributed by atoms with van der Waals surface area (Å²) in [5.41, 5.74) is 0.397. The molecule has 152 valence electrons. The zero-order valence-electron chi connectivity index (χ0n) is 14.8. The van der Waals surface area contributed by atoms with Crippen LogP contribution < -0.4 is 13.8 Å². The van der Waals surface area contributed by atoms with Crippen molar-refractivity contribution >= 4 is 42.8 Å². The van der Waals surface area contributed by atoms with Crippen LogP contribution in [0.3, 0.4) is 0 Å². The van der Waals surface area contributed by atoms with Crippen LogP contribution in [-0.2, 0) is 20.0 Å². The minimum absolute atomic E-state index is 0.0356. The summed E-state index contributed by atoms with van der Waals surface area (Å²) in [5.74, 6) is -0.238. The highest BCUT2D eigenvalue weighted by Gasteiger charge is 2.31. The van der Waals surface area contributed by atoms with Gasteiger partial charge in [0.1, 0.15) is 22.4 Å². The molecule has 0 aliphatic carbocycles. The van der Waals surface area contributed by atoms with Gasteiger partial charge in [0, 0.05) is 0 Å². The van der Waals surface area contributed by atoms with Crippen LogP contribution in [0.25, 0.3) is 0 Å². The molecule has 1 N–H and O–H groups in total. The van der Waals surface area contributed by atoms with Gasteiger partial charge in [0.15, 0.2) is 0 Å². The summed E-state index contributed by atoms with van der Waals surface area (Å²) in [7, 11) is -7.77. The number of halogens is 1. The first-order chi connectivity index (χ1) is 13.8. The van der Waals surface area contributed by atoms with E-state index in [1.165, 1.54) is 36.4 Å². The predicted octanol–water partition coefficient (Wildman–Crippen LogP) is 3.28. The Hall–Kier alpha value is -2.63. The number of thiophene rings is 1. The van der Waals surface area contributed by atoms with Crippen LogP contribution in [0.1, 0.15) is 0 Å². The van der Waals surface area contributed by atoms with E-state index >= 15 is 0 Å². The zero-order valence-corrected chi connectivity index (χ0v) is 17.2. The monoisotopic (exact) mass is 454 g/mol. The summed E-state index contributed by atoms with van der Waals surface area (Å²) in [6.07, 6.45) is 0. The molecular weight excluding hydrogens is 439 g/mol. The van der Waals surface area contributed by atoms with Crippen molar-refractivity contribution in [1.29, 1.82) is 0 Å². The molecule has 0 spiro atoms. The molecule has 2 heterocycles. The standard InChI is InChI=1S/C18H15FN2O5S3/c19-13-3-6-15(7-4-13)29(24,25)21-9-10-26-17-8-5-14(12-16(17)21)20-28(22,23)18-2-1-11-27-18/h1-8,11-12,20H,9-10H2. The van der Waals surface area contributed by atoms with Crippen molar-refractivity contribution in [3.8, 4) is 5.75 Å². The van der Waals surface area contributed by atoms with E-state index in [0.29, 0.717) is 5.75 Å². The van der Waals surface area contributed by atoms with Crippen LogP contribution in [0.5, 0.6) is 5.75 Å². The first kappa shape index (κ1) is 19.7. The number of sulfonamides is 2. The molecule has 4 rings (SSSR count). The van der Waals surface area contributed by atoms with Gasteiger partial charge in [-0.1, -0.05) is 6.07 Å². The Kier molecular flexibility index (Phi) is 4.97. The third-order valence-electron chi connectivity index (χ3n) is 4.19. The fraction of sp³-hybridized carbons (Fsp3) is 0.111. The summed E-state index contributed by atoms with van der Waals surface area (Å²) in [6, 6.07) is 12.0. The van der Waals surface area contributed by atoms with Crippen molar-refractivity contribution in [1.82, 2.24) is 0 Å². The third-order valence-corrected chi connectivity index (χ3v) is 8.80. The summed E-state index contributed by atoms with van der Waals surface area (Å²) in [4.78, 5) is -0.0729. The number of fused-ring (bicyclic) bond motifs is 1. The van der Waals surface area contributed by atoms with Crippen LogP contribution in [0.2, 0.25) is 0 Å². The number of nitrogens with zero attached hydrogens (tertiary/aromatic N) is 1. The van der Waals surface area contributed by atoms with E-state index in [4.69, 9.17) is 4.74 Å². The summed E-state index contributed by atoms with van der Waals surface area (Å²) in [5, 5.41) is 1.65. The fourth-order valence-electron chi connectivity index (χ4n) is 2.86. The molecule has 2 aromatic carbocycles. The quantitative estimate of drug-likeness (QED) is 0.639. The molecule has 1 aliphatic rings. The van der Waals surface area contributed by atoms with E-state index in [1.54, 1.807) is 11.4 Å². The highest BCUT2D eigenvalue weighted by Crippen LogP contribution is 2.38. The van der Waals surface area contributed by atoms with E-state index < -0.39 is 25.9 Å². The molecule has 0 bridgehead atoms. The van der Waals surface area contributed by atoms with Crippen LogP contribution in [0, 0.1) is 5.82 Å². The maximum absolute atomic E-state index is 13.2. The molecular formula is C18H15FN2O5S3. The molecule has 1 aromatic heterocycles. The molecule has 0 saturated heterocycles. The lowest BCUT2D eigenvalue weighted by Gasteiger charge is -2.30. The van der Waals surface area contributed by atoms with Gasteiger partial charge in [-0.25, -0.2) is 21.2 Å². The van der Waals surface area contributed by atoms with Gasteiger partial charge in [0.2, 0.25) is 0 Å². The van der Waals surface area contributed by atoms with Gasteiger partial charge in [-0.2, -0.15) is 0 Å². The fourth-order valence-corrected chi connectivity index (χ4v) is 6.36. The van der Waals surface area contributed by atoms with Crippen LogP contribution in [0.4, 0.5) is 15.8 Å². The second kappa shape index (κ2) is 7.32. The number of rotatable bonds is 5. The van der Waals surface area contributed by atoms with Crippen molar-refractivity contribution in [2.75, 3.05) is 22.2 Å². The molecule has 29 heavy (non-hydrogen) atoms. The van der Waals surface area contributed by atoms with Gasteiger partial charge in [-0.3, -0.25) is 9.03 Å². The Labute approximate surface area is 171 Å². The molecule has 0 radical (unpaired) electrons. The highest BCUT2D eigenvalue weighted by molar-refractivity contribution is 7.94. The van der Waals surface area contributed by atoms with E-state index in [-0.39, 0.29) is 33.6 Å². The Balaban J connectivity index is 1.71. The minimum Gasteiger partial charge on any atom is -0.489 e. The summed E-state index contributed by atoms with van der Waals surface area (Å²) >= 11 is 1.07. The van der Waals surface area contributed by atoms with Crippen LogP contribution in [-0.4, -0.2) is 30.0 Å². The van der Waals surface area contributed by atoms with E-state index in [1.807, 2.05) is 0 Å². The Morgan fingerprint density at radius 1 is 1.03 bits per heavy atom. The van der Waals surface area contributed by atoms with Crippen molar-refractivity contribution < 1.29 is 26.0 Å². The molecule has 0 fully saturated rings. The van der Waals surface area contributed by atoms with Gasteiger partial charge in [-0.15, -0.1) is 11.3 Å². The summed E-state index contributed by atoms with van der Waals surface area (Å²) < 4.78 is 73.5. The molecule has 1 aliphatic heterocycles. The largest absolute Gasteiger partial charge is 0.489 e. The predicted molar refractivity (Wildman–Crippen MR) is 108 cm³/mol. The number of benzene rings is 2. The molecule has 0 amide bonds. The normalized spacial score (nSPS) is 14.2. The zero-order chi connectivity index (χ0) is 20.6. The first-order valence-electron chi connectivity index (χ1n) is 8.39. The van der Waals surface area contributed by atoms with Crippen molar-refractivity contribution in [3.05, 3.63) is 65.8 Å². The smallest absolute Gasteiger partial charge is 0.271 e. The van der Waals surface area contributed by atoms with Crippen LogP contribution >= 0.6 is 11.3 Å². The van der Waals surface area contributed by atoms with E-state index in [9.17, 15) is 21.2 Å². The van der Waals surface area contributed by atoms with Gasteiger partial charge in [0.05, 0.1) is 22.8 Å². The SMILES string of the molecule is O=S(=O)(Nc1ccc2c(c1)N(S(=O)(=O)c1ccc(F)cc1)CCO2)c1cccs1. The molecule has 0 saturated carbocycles. The minimum atomic E-state index is -3.98. The van der Waals surface area contributed by atoms with Crippen LogP contribution in [0.15, 0.2) is 69.1 Å². The first-order valence-corrected chi connectivity index (χ1v) is 12.2. The van der Waals surface area contributed by atoms with E-state index in [2.05, 4.69) is 4.72 Å². The second-order valence-electron chi connectivity index (χ2n) is 6.10. The Morgan fingerprint density at radius 2 is 1.79 bits per heavy atom. The molecule has 0 atom stereocenters. The highest BCUT2D eigenvalue weighted by atomic mass is 32.2. The molecule has 3 aromatic rings. The number of hydrogen-bond donors (Lipinski definition) is 1. The van der Waals surface area contributed by atoms with Crippen molar-refractivity contribution in [2.24, 2.45) is 0 Å².